The van der Waals surface area contributed by atoms with Gasteiger partial charge in [0, 0.05) is 137 Å². The molecular formula is C87H83ClF7N19O18S3. The van der Waals surface area contributed by atoms with Crippen LogP contribution in [-0.2, 0) is 21.4 Å². The minimum atomic E-state index is -3.61. The molecule has 9 aliphatic rings. The normalized spacial score (nSPS) is 20.9. The standard InChI is InChI=1S/C21H20FN3O6S.C20H15F3N4O3.C19H18ClF2N3O3.C18H20FN5O4.C9H10N4O2S2/c1-10-16(31-21(29)30-10)9-23-3-5-24(6-4-23)15-8-14-12(7-13(15)22)18(26)17(20(27)28)19-25(14)11(2)32-19;21-8-1-2-15(13(22)3-8)27-7-12(20(29)30)17(28)9-4-14(23)19(25-18(9)27)26-5-10-11(6-26)16(10)24;20-14-15-8(17(26)9(18(27)28)5-25(15)12-4-10(12)21)3-11(22)16(14)24-6-13(23)19(7-24)1-2-19;1-28-22-14-8-23(6-9(14)5-20)17-13(19)4-11-15(25)12(18(26)27)7-24(10-2-3-10)16(11)21-17;1-6-11-12-9(16-6)13-17(14,15)8-4-2-7(10)3-5-8/h7-8,11H,3-6,9H2,1-2H3,(H,27,28);1-4,7,10-11,16H,5-6,24H2,(H,29,30);3,5,10,12-13H,1-2,4,6-7,23H2,(H,27,28);4,7,9-10H,2-3,5-6,8,20H2,1H3,(H,26,27);2-5H,10H2,1H3,(H,12,13)/b;;;22-14+;/t;10-,11+,16?;10-,12+,13+;;/m..0../s1. The van der Waals surface area contributed by atoms with Gasteiger partial charge in [-0.3, -0.25) is 33.4 Å². The second-order valence-corrected chi connectivity index (χ2v) is 38.6. The third kappa shape index (κ3) is 18.0. The summed E-state index contributed by atoms with van der Waals surface area (Å²) < 4.78 is 143. The second kappa shape index (κ2) is 36.1. The molecule has 8 aromatic heterocycles. The number of thioether (sulfide) groups is 1. The highest BCUT2D eigenvalue weighted by molar-refractivity contribution is 8.00. The van der Waals surface area contributed by atoms with Crippen LogP contribution in [0.25, 0.3) is 49.6 Å². The van der Waals surface area contributed by atoms with Crippen LogP contribution in [0.15, 0.2) is 139 Å². The van der Waals surface area contributed by atoms with Crippen molar-refractivity contribution in [2.24, 2.45) is 45.5 Å². The first kappa shape index (κ1) is 93.5. The Labute approximate surface area is 770 Å². The van der Waals surface area contributed by atoms with E-state index in [1.165, 1.54) is 65.2 Å². The lowest BCUT2D eigenvalue weighted by Gasteiger charge is -2.37. The fraction of sp³-hybridized carbons (Fsp3) is 0.356. The molecule has 13 heterocycles. The van der Waals surface area contributed by atoms with E-state index in [4.69, 9.17) is 48.2 Å². The van der Waals surface area contributed by atoms with Gasteiger partial charge in [-0.05, 0) is 125 Å². The fourth-order valence-electron chi connectivity index (χ4n) is 17.7. The first-order chi connectivity index (χ1) is 64.1. The van der Waals surface area contributed by atoms with Crippen LogP contribution in [0.1, 0.15) is 114 Å². The fourth-order valence-corrected chi connectivity index (χ4v) is 21.1. The van der Waals surface area contributed by atoms with Gasteiger partial charge in [-0.25, -0.2) is 73.1 Å². The van der Waals surface area contributed by atoms with Crippen molar-refractivity contribution >= 4 is 152 Å². The summed E-state index contributed by atoms with van der Waals surface area (Å²) in [7, 11) is -2.18. The molecule has 21 rings (SSSR count). The minimum Gasteiger partial charge on any atom is -0.477 e. The number of alkyl halides is 1. The lowest BCUT2D eigenvalue weighted by Crippen LogP contribution is -2.46. The van der Waals surface area contributed by atoms with Crippen molar-refractivity contribution in [1.29, 1.82) is 0 Å². The van der Waals surface area contributed by atoms with Crippen LogP contribution in [0.5, 0.6) is 0 Å². The molecule has 4 saturated carbocycles. The summed E-state index contributed by atoms with van der Waals surface area (Å²) in [5.41, 5.74) is 20.7. The number of benzene rings is 4. The zero-order valence-electron chi connectivity index (χ0n) is 71.7. The van der Waals surface area contributed by atoms with Crippen LogP contribution in [0, 0.1) is 71.9 Å². The number of piperidine rings is 1. The summed E-state index contributed by atoms with van der Waals surface area (Å²) in [4.78, 5) is 131. The van der Waals surface area contributed by atoms with Crippen LogP contribution < -0.4 is 74.8 Å². The molecule has 135 heavy (non-hydrogen) atoms. The molecule has 3 unspecified atom stereocenters. The minimum absolute atomic E-state index is 0.00645. The Kier molecular flexibility index (Phi) is 25.0. The van der Waals surface area contributed by atoms with Gasteiger partial charge in [0.25, 0.3) is 10.0 Å². The van der Waals surface area contributed by atoms with Gasteiger partial charge in [-0.15, -0.1) is 10.2 Å². The van der Waals surface area contributed by atoms with E-state index in [1.807, 2.05) is 11.8 Å². The van der Waals surface area contributed by atoms with E-state index in [0.29, 0.717) is 129 Å². The summed E-state index contributed by atoms with van der Waals surface area (Å²) in [6.45, 7) is 11.2. The van der Waals surface area contributed by atoms with Crippen molar-refractivity contribution in [1.82, 2.24) is 43.3 Å². The molecule has 0 radical (unpaired) electrons. The average Bonchev–Trinajstić information content (AvgIpc) is 1.24. The smallest absolute Gasteiger partial charge is 0.477 e. The maximum atomic E-state index is 15.0. The van der Waals surface area contributed by atoms with Crippen LogP contribution in [-0.4, -0.2) is 199 Å². The second-order valence-electron chi connectivity index (χ2n) is 34.1. The zero-order valence-corrected chi connectivity index (χ0v) is 74.9. The number of aromatic nitrogens is 8. The highest BCUT2D eigenvalue weighted by atomic mass is 35.5. The van der Waals surface area contributed by atoms with E-state index < -0.39 is 120 Å². The van der Waals surface area contributed by atoms with Crippen molar-refractivity contribution in [2.75, 3.05) is 109 Å². The summed E-state index contributed by atoms with van der Waals surface area (Å²) in [5.74, 6) is -9.53. The highest BCUT2D eigenvalue weighted by Crippen LogP contribution is 2.55. The highest BCUT2D eigenvalue weighted by Gasteiger charge is 2.56. The Hall–Kier alpha value is -13.3. The SMILES string of the molecule is CO/N=C1\CN(c2nc3c(cc2F)c(=O)c(C(=O)O)cn3C2CC2)CC1CN.Cc1nnc(NS(=O)(=O)c2ccc(N)cc2)s1.Cc1oc(=O)oc1CN1CCN(c2cc3c(cc2F)c(=O)c(C(=O)O)c2n3C(C)S2)CC1.NC1[C@H]2CN(c3nc4c(cc3F)c(=O)c(C(=O)O)cn4-c3ccc(F)cc3F)C[C@@H]12.N[C@@H]1CN(c2c(F)cc3c(=O)c(C(=O)O)cn([C@@H]4C[C@@H]4F)c3c2Cl)CC12CC2. The number of aromatic carboxylic acids is 4. The number of anilines is 6. The molecule has 12 aromatic rings. The zero-order chi connectivity index (χ0) is 96.5. The summed E-state index contributed by atoms with van der Waals surface area (Å²) >= 11 is 9.06. The van der Waals surface area contributed by atoms with E-state index in [1.54, 1.807) is 43.7 Å². The first-order valence-electron chi connectivity index (χ1n) is 42.2. The van der Waals surface area contributed by atoms with Gasteiger partial charge >= 0.3 is 29.7 Å². The summed E-state index contributed by atoms with van der Waals surface area (Å²) in [6.07, 6.45) is 6.04. The molecule has 5 aliphatic heterocycles. The van der Waals surface area contributed by atoms with E-state index in [-0.39, 0.29) is 141 Å². The topological polar surface area (TPSA) is 520 Å². The van der Waals surface area contributed by atoms with Crippen LogP contribution in [0.3, 0.4) is 0 Å². The van der Waals surface area contributed by atoms with Gasteiger partial charge < -0.3 is 90.3 Å². The number of nitrogens with one attached hydrogen (secondary N) is 1. The molecule has 8 atom stereocenters. The van der Waals surface area contributed by atoms with E-state index in [2.05, 4.69) is 34.9 Å². The van der Waals surface area contributed by atoms with Crippen LogP contribution in [0.2, 0.25) is 5.02 Å². The number of carboxylic acid groups (broad SMARTS) is 4. The lowest BCUT2D eigenvalue weighted by atomic mass is 10.0. The van der Waals surface area contributed by atoms with Crippen molar-refractivity contribution in [2.45, 2.75) is 105 Å². The number of fused-ring (bicyclic) bond motifs is 7. The van der Waals surface area contributed by atoms with Crippen LogP contribution >= 0.6 is 34.7 Å². The Bertz CT molecular complexity index is 7400. The number of hydrogen-bond acceptors (Lipinski definition) is 30. The van der Waals surface area contributed by atoms with Gasteiger partial charge in [0.2, 0.25) is 26.8 Å². The number of aryl methyl sites for hydroxylation is 2. The number of piperazine rings is 1. The van der Waals surface area contributed by atoms with Crippen LogP contribution in [0.4, 0.5) is 64.6 Å². The molecule has 37 nitrogen and oxygen atoms in total. The number of pyridine rings is 6. The summed E-state index contributed by atoms with van der Waals surface area (Å²) in [6, 6.07) is 13.9. The molecule has 4 aliphatic carbocycles. The number of nitrogen functional groups attached to an aromatic ring is 1. The molecule has 8 fully saturated rings. The number of halogens is 8. The third-order valence-electron chi connectivity index (χ3n) is 25.4. The molecular weight excluding hydrogens is 1860 g/mol. The Morgan fingerprint density at radius 1 is 0.681 bits per heavy atom. The number of hydrogen-bond donors (Lipinski definition) is 9. The van der Waals surface area contributed by atoms with Gasteiger partial charge in [0.15, 0.2) is 34.7 Å². The lowest BCUT2D eigenvalue weighted by molar-refractivity contribution is 0.0679. The number of carbonyl (C=O) groups is 4. The predicted molar refractivity (Wildman–Crippen MR) is 484 cm³/mol. The number of nitrogens with two attached hydrogens (primary N) is 4. The first-order valence-corrected chi connectivity index (χ1v) is 45.7. The quantitative estimate of drug-likeness (QED) is 0.0219. The Balaban J connectivity index is 0.000000119. The van der Waals surface area contributed by atoms with Gasteiger partial charge in [0.05, 0.1) is 89.4 Å². The maximum absolute atomic E-state index is 15.0. The molecule has 4 aromatic carbocycles. The number of oxime groups is 1. The van der Waals surface area contributed by atoms with E-state index in [9.17, 15) is 93.9 Å². The van der Waals surface area contributed by atoms with Crippen molar-refractivity contribution < 1.29 is 92.4 Å². The molecule has 0 bridgehead atoms. The number of rotatable bonds is 18. The third-order valence-corrected chi connectivity index (χ3v) is 29.1. The number of carboxylic acids is 4. The Morgan fingerprint density at radius 2 is 1.27 bits per heavy atom. The van der Waals surface area contributed by atoms with Gasteiger partial charge in [-0.2, -0.15) is 0 Å². The largest absolute Gasteiger partial charge is 0.519 e. The maximum Gasteiger partial charge on any atom is 0.519 e. The molecule has 4 saturated heterocycles. The average molecular weight is 1950 g/mol. The van der Waals surface area contributed by atoms with E-state index >= 15 is 8.78 Å². The number of sulfonamides is 1. The van der Waals surface area contributed by atoms with Crippen molar-refractivity contribution in [3.05, 3.63) is 222 Å². The van der Waals surface area contributed by atoms with Crippen molar-refractivity contribution in [3.8, 4) is 5.69 Å². The molecule has 13 N–H and O–H groups in total. The predicted octanol–water partition coefficient (Wildman–Crippen LogP) is 9.43. The van der Waals surface area contributed by atoms with Gasteiger partial charge in [0.1, 0.15) is 75.2 Å². The molecule has 1 spiro atoms. The summed E-state index contributed by atoms with van der Waals surface area (Å²) in [5, 5.41) is 49.7. The molecule has 48 heteroatoms. The monoisotopic (exact) mass is 1950 g/mol. The Morgan fingerprint density at radius 3 is 1.83 bits per heavy atom. The van der Waals surface area contributed by atoms with Crippen molar-refractivity contribution in [3.63, 3.8) is 0 Å². The van der Waals surface area contributed by atoms with Gasteiger partial charge in [-0.1, -0.05) is 39.9 Å². The number of nitrogens with zero attached hydrogens (tertiary/aromatic N) is 14. The van der Waals surface area contributed by atoms with E-state index in [0.717, 1.165) is 79.0 Å². The molecule has 0 amide bonds. The molecule has 708 valence electrons.